The molecule has 2 nitrogen and oxygen atoms in total. The summed E-state index contributed by atoms with van der Waals surface area (Å²) < 4.78 is 0. The Morgan fingerprint density at radius 1 is 1.40 bits per heavy atom. The number of hydrogen-bond donors (Lipinski definition) is 2. The van der Waals surface area contributed by atoms with E-state index in [4.69, 9.17) is 11.6 Å². The lowest BCUT2D eigenvalue weighted by molar-refractivity contribution is 0.133. The van der Waals surface area contributed by atoms with Crippen LogP contribution in [0, 0.1) is 5.92 Å². The van der Waals surface area contributed by atoms with Crippen molar-refractivity contribution in [2.45, 2.75) is 19.4 Å². The number of benzene rings is 1. The molecule has 2 rings (SSSR count). The highest BCUT2D eigenvalue weighted by molar-refractivity contribution is 6.30. The Kier molecular flexibility index (Phi) is 4.58. The Balaban J connectivity index is 0.000000337. The van der Waals surface area contributed by atoms with Crippen LogP contribution in [0.25, 0.3) is 0 Å². The molecule has 0 saturated carbocycles. The zero-order valence-corrected chi connectivity index (χ0v) is 10.2. The molecule has 1 aromatic carbocycles. The van der Waals surface area contributed by atoms with Gasteiger partial charge in [0.1, 0.15) is 0 Å². The molecule has 1 aromatic rings. The Hall–Kier alpha value is -0.570. The van der Waals surface area contributed by atoms with Gasteiger partial charge in [0.15, 0.2) is 0 Å². The summed E-state index contributed by atoms with van der Waals surface area (Å²) in [6, 6.07) is 5.75. The van der Waals surface area contributed by atoms with E-state index < -0.39 is 0 Å². The van der Waals surface area contributed by atoms with Crippen LogP contribution in [0.1, 0.15) is 24.2 Å². The van der Waals surface area contributed by atoms with Gasteiger partial charge in [-0.3, -0.25) is 0 Å². The molecular formula is C12H18ClNO. The maximum Gasteiger partial charge on any atom is 0.0821 e. The van der Waals surface area contributed by atoms with Crippen LogP contribution in [0.3, 0.4) is 0 Å². The molecule has 2 N–H and O–H groups in total. The van der Waals surface area contributed by atoms with Crippen molar-refractivity contribution in [2.24, 2.45) is 5.92 Å². The fourth-order valence-corrected chi connectivity index (χ4v) is 1.97. The quantitative estimate of drug-likeness (QED) is 0.714. The number of rotatable bonds is 0. The fourth-order valence-electron chi connectivity index (χ4n) is 1.79. The normalized spacial score (nSPS) is 23.0. The lowest BCUT2D eigenvalue weighted by atomic mass is 10.1. The molecule has 0 spiro atoms. The van der Waals surface area contributed by atoms with Gasteiger partial charge in [0.05, 0.1) is 6.10 Å². The summed E-state index contributed by atoms with van der Waals surface area (Å²) in [6.07, 6.45) is 0.645. The maximum absolute atomic E-state index is 9.72. The highest BCUT2D eigenvalue weighted by Crippen LogP contribution is 2.36. The van der Waals surface area contributed by atoms with E-state index in [1.54, 1.807) is 0 Å². The first kappa shape index (κ1) is 12.5. The van der Waals surface area contributed by atoms with Crippen molar-refractivity contribution in [3.8, 4) is 0 Å². The second kappa shape index (κ2) is 5.50. The van der Waals surface area contributed by atoms with Crippen LogP contribution in [-0.4, -0.2) is 19.2 Å². The largest absolute Gasteiger partial charge is 0.388 e. The van der Waals surface area contributed by atoms with Crippen LogP contribution in [-0.2, 0) is 6.42 Å². The minimum absolute atomic E-state index is 0.321. The van der Waals surface area contributed by atoms with Crippen LogP contribution >= 0.6 is 11.6 Å². The number of hydrogen-bond acceptors (Lipinski definition) is 2. The molecule has 2 unspecified atom stereocenters. The van der Waals surface area contributed by atoms with E-state index in [2.05, 4.69) is 12.2 Å². The van der Waals surface area contributed by atoms with Crippen molar-refractivity contribution in [2.75, 3.05) is 14.1 Å². The molecule has 0 bridgehead atoms. The van der Waals surface area contributed by atoms with Crippen molar-refractivity contribution in [1.29, 1.82) is 0 Å². The molecule has 0 radical (unpaired) electrons. The molecule has 0 aliphatic heterocycles. The minimum Gasteiger partial charge on any atom is -0.388 e. The number of halogens is 1. The molecule has 2 atom stereocenters. The first-order valence-corrected chi connectivity index (χ1v) is 5.52. The number of aliphatic hydroxyl groups is 1. The van der Waals surface area contributed by atoms with Gasteiger partial charge in [-0.05, 0) is 49.7 Å². The summed E-state index contributed by atoms with van der Waals surface area (Å²) in [4.78, 5) is 0. The van der Waals surface area contributed by atoms with Crippen molar-refractivity contribution < 1.29 is 5.11 Å². The van der Waals surface area contributed by atoms with Gasteiger partial charge in [-0.1, -0.05) is 24.6 Å². The molecular weight excluding hydrogens is 210 g/mol. The Morgan fingerprint density at radius 3 is 2.60 bits per heavy atom. The zero-order chi connectivity index (χ0) is 11.4. The predicted molar refractivity (Wildman–Crippen MR) is 64.3 cm³/mol. The Labute approximate surface area is 96.3 Å². The zero-order valence-electron chi connectivity index (χ0n) is 9.42. The molecule has 0 saturated heterocycles. The third-order valence-corrected chi connectivity index (χ3v) is 2.74. The summed E-state index contributed by atoms with van der Waals surface area (Å²) >= 11 is 5.83. The van der Waals surface area contributed by atoms with Gasteiger partial charge in [0.25, 0.3) is 0 Å². The summed E-state index contributed by atoms with van der Waals surface area (Å²) in [5.74, 6) is 0.332. The molecule has 1 aliphatic carbocycles. The third kappa shape index (κ3) is 2.94. The van der Waals surface area contributed by atoms with Crippen molar-refractivity contribution in [1.82, 2.24) is 5.32 Å². The van der Waals surface area contributed by atoms with Gasteiger partial charge in [-0.25, -0.2) is 0 Å². The molecule has 1 aliphatic rings. The van der Waals surface area contributed by atoms with Gasteiger partial charge >= 0.3 is 0 Å². The van der Waals surface area contributed by atoms with Crippen LogP contribution in [0.2, 0.25) is 5.02 Å². The molecule has 0 aromatic heterocycles. The second-order valence-corrected chi connectivity index (χ2v) is 4.41. The van der Waals surface area contributed by atoms with E-state index in [0.717, 1.165) is 12.0 Å². The van der Waals surface area contributed by atoms with Crippen LogP contribution in [0.4, 0.5) is 0 Å². The molecule has 3 heteroatoms. The van der Waals surface area contributed by atoms with Crippen LogP contribution in [0.5, 0.6) is 0 Å². The van der Waals surface area contributed by atoms with Crippen LogP contribution in [0.15, 0.2) is 18.2 Å². The van der Waals surface area contributed by atoms with Gasteiger partial charge in [0, 0.05) is 5.02 Å². The van der Waals surface area contributed by atoms with Crippen molar-refractivity contribution in [3.05, 3.63) is 34.3 Å². The standard InChI is InChI=1S/C10H11ClO.C2H7N/c1-6-4-7-2-3-8(11)5-9(7)10(6)12;1-3-2/h2-3,5-6,10,12H,4H2,1H3;3H,1-2H3. The predicted octanol–water partition coefficient (Wildman–Crippen LogP) is 2.40. The number of aliphatic hydroxyl groups excluding tert-OH is 1. The lowest BCUT2D eigenvalue weighted by Gasteiger charge is -2.07. The summed E-state index contributed by atoms with van der Waals surface area (Å²) in [7, 11) is 3.75. The minimum atomic E-state index is -0.321. The molecule has 15 heavy (non-hydrogen) atoms. The summed E-state index contributed by atoms with van der Waals surface area (Å²) in [6.45, 7) is 2.05. The van der Waals surface area contributed by atoms with Crippen LogP contribution < -0.4 is 5.32 Å². The Morgan fingerprint density at radius 2 is 2.00 bits per heavy atom. The van der Waals surface area contributed by atoms with Gasteiger partial charge in [0.2, 0.25) is 0 Å². The molecule has 0 fully saturated rings. The average molecular weight is 228 g/mol. The third-order valence-electron chi connectivity index (χ3n) is 2.51. The Bertz CT molecular complexity index is 327. The average Bonchev–Trinajstić information content (AvgIpc) is 2.46. The number of nitrogens with one attached hydrogen (secondary N) is 1. The molecule has 84 valence electrons. The lowest BCUT2D eigenvalue weighted by Crippen LogP contribution is -2.00. The summed E-state index contributed by atoms with van der Waals surface area (Å²) in [5, 5.41) is 13.2. The molecule has 0 heterocycles. The van der Waals surface area contributed by atoms with Crippen molar-refractivity contribution in [3.63, 3.8) is 0 Å². The summed E-state index contributed by atoms with van der Waals surface area (Å²) in [5.41, 5.74) is 2.24. The van der Waals surface area contributed by atoms with Gasteiger partial charge < -0.3 is 10.4 Å². The van der Waals surface area contributed by atoms with E-state index in [9.17, 15) is 5.11 Å². The van der Waals surface area contributed by atoms with Gasteiger partial charge in [-0.2, -0.15) is 0 Å². The monoisotopic (exact) mass is 227 g/mol. The molecule has 0 amide bonds. The fraction of sp³-hybridized carbons (Fsp3) is 0.500. The maximum atomic E-state index is 9.72. The topological polar surface area (TPSA) is 32.3 Å². The first-order chi connectivity index (χ1) is 7.10. The van der Waals surface area contributed by atoms with E-state index in [1.165, 1.54) is 5.56 Å². The second-order valence-electron chi connectivity index (χ2n) is 3.97. The number of fused-ring (bicyclic) bond motifs is 1. The smallest absolute Gasteiger partial charge is 0.0821 e. The van der Waals surface area contributed by atoms with E-state index in [0.29, 0.717) is 10.9 Å². The van der Waals surface area contributed by atoms with Crippen molar-refractivity contribution >= 4 is 11.6 Å². The van der Waals surface area contributed by atoms with E-state index >= 15 is 0 Å². The van der Waals surface area contributed by atoms with Gasteiger partial charge in [-0.15, -0.1) is 0 Å². The highest BCUT2D eigenvalue weighted by atomic mass is 35.5. The highest BCUT2D eigenvalue weighted by Gasteiger charge is 2.27. The SMILES string of the molecule is CC1Cc2ccc(Cl)cc2C1O.CNC. The van der Waals surface area contributed by atoms with E-state index in [-0.39, 0.29) is 6.10 Å². The van der Waals surface area contributed by atoms with E-state index in [1.807, 2.05) is 32.3 Å². The first-order valence-electron chi connectivity index (χ1n) is 5.15.